The molecule has 0 aromatic carbocycles. The van der Waals surface area contributed by atoms with Gasteiger partial charge in [0.15, 0.2) is 5.96 Å². The smallest absolute Gasteiger partial charge is 0.324 e. The molecular weight excluding hydrogens is 385 g/mol. The number of rotatable bonds is 7. The Balaban J connectivity index is 0.00000400. The average Bonchev–Trinajstić information content (AvgIpc) is 2.70. The molecule has 1 aliphatic heterocycles. The van der Waals surface area contributed by atoms with Gasteiger partial charge in [0.1, 0.15) is 0 Å². The highest BCUT2D eigenvalue weighted by Gasteiger charge is 2.27. The Morgan fingerprint density at radius 3 is 2.62 bits per heavy atom. The van der Waals surface area contributed by atoms with Crippen molar-refractivity contribution in [3.05, 3.63) is 0 Å². The highest BCUT2D eigenvalue weighted by atomic mass is 127. The van der Waals surface area contributed by atoms with Crippen LogP contribution in [0.2, 0.25) is 0 Å². The number of urea groups is 1. The molecule has 1 fully saturated rings. The molecule has 0 aromatic heterocycles. The molecule has 0 aromatic rings. The van der Waals surface area contributed by atoms with Crippen molar-refractivity contribution in [3.8, 4) is 0 Å². The maximum Gasteiger partial charge on any atom is 0.324 e. The van der Waals surface area contributed by atoms with E-state index < -0.39 is 0 Å². The predicted octanol–water partition coefficient (Wildman–Crippen LogP) is 0.757. The number of carbonyl (C=O) groups excluding carboxylic acids is 2. The first-order chi connectivity index (χ1) is 9.54. The fourth-order valence-corrected chi connectivity index (χ4v) is 1.74. The third-order valence-corrected chi connectivity index (χ3v) is 2.89. The number of nitrogens with one attached hydrogen (secondary N) is 3. The molecule has 1 saturated heterocycles. The Hall–Kier alpha value is -1.06. The molecule has 1 rings (SSSR count). The Morgan fingerprint density at radius 1 is 1.38 bits per heavy atom. The van der Waals surface area contributed by atoms with Gasteiger partial charge >= 0.3 is 6.03 Å². The molecule has 0 atom stereocenters. The Kier molecular flexibility index (Phi) is 10.1. The summed E-state index contributed by atoms with van der Waals surface area (Å²) in [6.45, 7) is 8.79. The van der Waals surface area contributed by atoms with Crippen molar-refractivity contribution in [2.75, 3.05) is 32.7 Å². The third-order valence-electron chi connectivity index (χ3n) is 2.89. The fourth-order valence-electron chi connectivity index (χ4n) is 1.74. The van der Waals surface area contributed by atoms with Crippen molar-refractivity contribution in [1.82, 2.24) is 20.9 Å². The normalized spacial score (nSPS) is 15.0. The van der Waals surface area contributed by atoms with Gasteiger partial charge in [-0.2, -0.15) is 0 Å². The van der Waals surface area contributed by atoms with E-state index in [4.69, 9.17) is 0 Å². The van der Waals surface area contributed by atoms with Crippen LogP contribution < -0.4 is 16.0 Å². The summed E-state index contributed by atoms with van der Waals surface area (Å²) in [5.41, 5.74) is 0. The second kappa shape index (κ2) is 10.6. The molecule has 0 radical (unpaired) electrons. The minimum absolute atomic E-state index is 0. The predicted molar refractivity (Wildman–Crippen MR) is 94.0 cm³/mol. The highest BCUT2D eigenvalue weighted by Crippen LogP contribution is 1.99. The van der Waals surface area contributed by atoms with Gasteiger partial charge in [0.2, 0.25) is 5.91 Å². The number of amides is 3. The first-order valence-electron chi connectivity index (χ1n) is 7.15. The number of hydrogen-bond donors (Lipinski definition) is 3. The molecule has 0 saturated carbocycles. The lowest BCUT2D eigenvalue weighted by Crippen LogP contribution is -2.43. The van der Waals surface area contributed by atoms with Crippen molar-refractivity contribution in [3.63, 3.8) is 0 Å². The van der Waals surface area contributed by atoms with Gasteiger partial charge in [0.05, 0.1) is 6.54 Å². The lowest BCUT2D eigenvalue weighted by molar-refractivity contribution is -0.124. The van der Waals surface area contributed by atoms with Crippen molar-refractivity contribution < 1.29 is 9.59 Å². The van der Waals surface area contributed by atoms with Crippen LogP contribution in [0, 0.1) is 5.92 Å². The summed E-state index contributed by atoms with van der Waals surface area (Å²) in [5, 5.41) is 8.76. The molecule has 3 N–H and O–H groups in total. The summed E-state index contributed by atoms with van der Waals surface area (Å²) < 4.78 is 0. The standard InChI is InChI=1S/C13H25N5O2.HI/c1-4-14-12(15-6-5-10(2)3)16-7-8-18-11(19)9-17-13(18)20;/h10H,4-9H2,1-3H3,(H,17,20)(H2,14,15,16);1H. The van der Waals surface area contributed by atoms with Gasteiger partial charge in [0.25, 0.3) is 0 Å². The van der Waals surface area contributed by atoms with Crippen molar-refractivity contribution in [1.29, 1.82) is 0 Å². The van der Waals surface area contributed by atoms with Crippen LogP contribution in [-0.2, 0) is 4.79 Å². The van der Waals surface area contributed by atoms with Crippen LogP contribution in [0.15, 0.2) is 4.99 Å². The van der Waals surface area contributed by atoms with Crippen molar-refractivity contribution in [2.45, 2.75) is 27.2 Å². The topological polar surface area (TPSA) is 85.8 Å². The second-order valence-corrected chi connectivity index (χ2v) is 5.07. The zero-order valence-corrected chi connectivity index (χ0v) is 15.3. The lowest BCUT2D eigenvalue weighted by atomic mass is 10.1. The molecular formula is C13H26IN5O2. The SMILES string of the molecule is CCNC(=NCCC(C)C)NCCN1C(=O)CNC1=O.I. The van der Waals surface area contributed by atoms with Gasteiger partial charge < -0.3 is 16.0 Å². The zero-order chi connectivity index (χ0) is 15.0. The summed E-state index contributed by atoms with van der Waals surface area (Å²) in [7, 11) is 0. The van der Waals surface area contributed by atoms with Crippen LogP contribution in [0.25, 0.3) is 0 Å². The van der Waals surface area contributed by atoms with E-state index in [0.29, 0.717) is 19.0 Å². The van der Waals surface area contributed by atoms with Gasteiger partial charge in [-0.15, -0.1) is 24.0 Å². The van der Waals surface area contributed by atoms with Gasteiger partial charge in [-0.1, -0.05) is 13.8 Å². The van der Waals surface area contributed by atoms with Crippen LogP contribution in [0.3, 0.4) is 0 Å². The number of halogens is 1. The van der Waals surface area contributed by atoms with E-state index in [-0.39, 0.29) is 42.5 Å². The van der Waals surface area contributed by atoms with Gasteiger partial charge in [-0.3, -0.25) is 14.7 Å². The monoisotopic (exact) mass is 411 g/mol. The number of carbonyl (C=O) groups is 2. The van der Waals surface area contributed by atoms with E-state index in [0.717, 1.165) is 25.5 Å². The quantitative estimate of drug-likeness (QED) is 0.250. The average molecular weight is 411 g/mol. The van der Waals surface area contributed by atoms with Crippen LogP contribution in [0.4, 0.5) is 4.79 Å². The number of hydrogen-bond acceptors (Lipinski definition) is 3. The fraction of sp³-hybridized carbons (Fsp3) is 0.769. The second-order valence-electron chi connectivity index (χ2n) is 5.07. The van der Waals surface area contributed by atoms with E-state index >= 15 is 0 Å². The lowest BCUT2D eigenvalue weighted by Gasteiger charge is -2.15. The summed E-state index contributed by atoms with van der Waals surface area (Å²) in [6, 6.07) is -0.321. The van der Waals surface area contributed by atoms with E-state index in [1.54, 1.807) is 0 Å². The number of aliphatic imine (C=N–C) groups is 1. The maximum atomic E-state index is 11.4. The largest absolute Gasteiger partial charge is 0.357 e. The van der Waals surface area contributed by atoms with E-state index in [2.05, 4.69) is 34.8 Å². The Morgan fingerprint density at radius 2 is 2.10 bits per heavy atom. The maximum absolute atomic E-state index is 11.4. The first-order valence-corrected chi connectivity index (χ1v) is 7.15. The van der Waals surface area contributed by atoms with Gasteiger partial charge in [0, 0.05) is 26.2 Å². The molecule has 0 spiro atoms. The zero-order valence-electron chi connectivity index (χ0n) is 12.9. The molecule has 122 valence electrons. The molecule has 1 heterocycles. The van der Waals surface area contributed by atoms with Crippen LogP contribution >= 0.6 is 24.0 Å². The van der Waals surface area contributed by atoms with Crippen LogP contribution in [-0.4, -0.2) is 55.5 Å². The van der Waals surface area contributed by atoms with Crippen molar-refractivity contribution >= 4 is 41.9 Å². The summed E-state index contributed by atoms with van der Waals surface area (Å²) in [4.78, 5) is 28.4. The number of guanidine groups is 1. The van der Waals surface area contributed by atoms with Crippen LogP contribution in [0.1, 0.15) is 27.2 Å². The number of imide groups is 1. The first kappa shape index (κ1) is 19.9. The van der Waals surface area contributed by atoms with Crippen LogP contribution in [0.5, 0.6) is 0 Å². The molecule has 8 heteroatoms. The highest BCUT2D eigenvalue weighted by molar-refractivity contribution is 14.0. The number of nitrogens with zero attached hydrogens (tertiary/aromatic N) is 2. The molecule has 3 amide bonds. The van der Waals surface area contributed by atoms with Gasteiger partial charge in [-0.25, -0.2) is 4.79 Å². The third kappa shape index (κ3) is 7.49. The Bertz CT molecular complexity index is 358. The minimum Gasteiger partial charge on any atom is -0.357 e. The molecule has 1 aliphatic rings. The summed E-state index contributed by atoms with van der Waals surface area (Å²) in [5.74, 6) is 1.16. The minimum atomic E-state index is -0.321. The molecule has 0 aliphatic carbocycles. The van der Waals surface area contributed by atoms with E-state index in [1.165, 1.54) is 4.90 Å². The molecule has 0 unspecified atom stereocenters. The molecule has 0 bridgehead atoms. The van der Waals surface area contributed by atoms with Gasteiger partial charge in [-0.05, 0) is 19.3 Å². The molecule has 7 nitrogen and oxygen atoms in total. The van der Waals surface area contributed by atoms with E-state index in [9.17, 15) is 9.59 Å². The summed E-state index contributed by atoms with van der Waals surface area (Å²) >= 11 is 0. The summed E-state index contributed by atoms with van der Waals surface area (Å²) in [6.07, 6.45) is 1.03. The Labute approximate surface area is 143 Å². The molecule has 21 heavy (non-hydrogen) atoms. The van der Waals surface area contributed by atoms with E-state index in [1.807, 2.05) is 6.92 Å². The van der Waals surface area contributed by atoms with Crippen molar-refractivity contribution in [2.24, 2.45) is 10.9 Å².